The number of rotatable bonds is 5. The van der Waals surface area contributed by atoms with E-state index in [9.17, 15) is 5.11 Å². The molecule has 110 valence electrons. The van der Waals surface area contributed by atoms with Gasteiger partial charge in [-0.05, 0) is 24.1 Å². The molecule has 4 heteroatoms. The van der Waals surface area contributed by atoms with Crippen molar-refractivity contribution in [1.82, 2.24) is 15.2 Å². The highest BCUT2D eigenvalue weighted by Crippen LogP contribution is 2.14. The summed E-state index contributed by atoms with van der Waals surface area (Å²) in [5.74, 6) is 0.216. The van der Waals surface area contributed by atoms with Crippen LogP contribution in [-0.2, 0) is 13.1 Å². The van der Waals surface area contributed by atoms with Crippen LogP contribution in [0, 0.1) is 0 Å². The number of nitrogens with one attached hydrogen (secondary N) is 1. The average Bonchev–Trinajstić information content (AvgIpc) is 2.95. The summed E-state index contributed by atoms with van der Waals surface area (Å²) in [6.45, 7) is 3.99. The van der Waals surface area contributed by atoms with E-state index in [4.69, 9.17) is 0 Å². The van der Waals surface area contributed by atoms with Gasteiger partial charge >= 0.3 is 0 Å². The van der Waals surface area contributed by atoms with Crippen LogP contribution in [0.2, 0.25) is 0 Å². The van der Waals surface area contributed by atoms with Gasteiger partial charge in [-0.25, -0.2) is 0 Å². The van der Waals surface area contributed by atoms with Crippen LogP contribution in [0.5, 0.6) is 5.75 Å². The molecule has 1 fully saturated rings. The van der Waals surface area contributed by atoms with E-state index in [0.29, 0.717) is 6.04 Å². The Hall–Kier alpha value is -1.91. The summed E-state index contributed by atoms with van der Waals surface area (Å²) in [5, 5.41) is 12.8. The molecule has 0 saturated carbocycles. The molecule has 0 radical (unpaired) electrons. The topological polar surface area (TPSA) is 48.4 Å². The van der Waals surface area contributed by atoms with E-state index in [0.717, 1.165) is 31.9 Å². The van der Waals surface area contributed by atoms with Gasteiger partial charge in [0.2, 0.25) is 0 Å². The second-order valence-corrected chi connectivity index (χ2v) is 5.59. The average molecular weight is 283 g/mol. The van der Waals surface area contributed by atoms with E-state index in [-0.39, 0.29) is 5.75 Å². The van der Waals surface area contributed by atoms with Gasteiger partial charge in [-0.3, -0.25) is 9.88 Å². The van der Waals surface area contributed by atoms with Crippen LogP contribution in [-0.4, -0.2) is 34.1 Å². The Kier molecular flexibility index (Phi) is 4.48. The maximum absolute atomic E-state index is 9.22. The molecule has 1 atom stereocenters. The van der Waals surface area contributed by atoms with Crippen LogP contribution in [0.3, 0.4) is 0 Å². The third-order valence-electron chi connectivity index (χ3n) is 3.90. The first kappa shape index (κ1) is 14.0. The van der Waals surface area contributed by atoms with Gasteiger partial charge in [-0.2, -0.15) is 0 Å². The fourth-order valence-corrected chi connectivity index (χ4v) is 2.75. The molecule has 4 nitrogen and oxygen atoms in total. The third kappa shape index (κ3) is 4.03. The predicted octanol–water partition coefficient (Wildman–Crippen LogP) is 2.15. The van der Waals surface area contributed by atoms with Crippen LogP contribution < -0.4 is 5.32 Å². The summed E-state index contributed by atoms with van der Waals surface area (Å²) in [7, 11) is 0. The van der Waals surface area contributed by atoms with E-state index >= 15 is 0 Å². The van der Waals surface area contributed by atoms with Crippen molar-refractivity contribution < 1.29 is 5.11 Å². The maximum Gasteiger partial charge on any atom is 0.133 e. The molecule has 0 aliphatic carbocycles. The van der Waals surface area contributed by atoms with Gasteiger partial charge < -0.3 is 10.4 Å². The quantitative estimate of drug-likeness (QED) is 0.883. The van der Waals surface area contributed by atoms with E-state index in [2.05, 4.69) is 45.5 Å². The second kappa shape index (κ2) is 6.70. The van der Waals surface area contributed by atoms with Crippen molar-refractivity contribution in [3.8, 4) is 5.75 Å². The van der Waals surface area contributed by atoms with Gasteiger partial charge in [0.15, 0.2) is 0 Å². The van der Waals surface area contributed by atoms with Crippen molar-refractivity contribution in [2.45, 2.75) is 25.6 Å². The highest BCUT2D eigenvalue weighted by atomic mass is 16.3. The molecule has 1 aromatic heterocycles. The summed E-state index contributed by atoms with van der Waals surface area (Å²) in [4.78, 5) is 6.68. The van der Waals surface area contributed by atoms with Crippen LogP contribution >= 0.6 is 0 Å². The largest absolute Gasteiger partial charge is 0.506 e. The summed E-state index contributed by atoms with van der Waals surface area (Å²) in [6.07, 6.45) is 2.66. The van der Waals surface area contributed by atoms with Crippen LogP contribution in [0.15, 0.2) is 48.7 Å². The van der Waals surface area contributed by atoms with Crippen LogP contribution in [0.4, 0.5) is 0 Å². The fourth-order valence-electron chi connectivity index (χ4n) is 2.75. The Bertz CT molecular complexity index is 556. The third-order valence-corrected chi connectivity index (χ3v) is 3.90. The molecule has 1 saturated heterocycles. The monoisotopic (exact) mass is 283 g/mol. The van der Waals surface area contributed by atoms with Gasteiger partial charge in [-0.1, -0.05) is 30.3 Å². The standard InChI is InChI=1S/C17H21N3O/c21-17-7-6-15(19-11-17)10-18-16-8-9-20(13-16)12-14-4-2-1-3-5-14/h1-7,11,16,18,21H,8-10,12-13H2. The van der Waals surface area contributed by atoms with Crippen LogP contribution in [0.1, 0.15) is 17.7 Å². The Morgan fingerprint density at radius 1 is 1.19 bits per heavy atom. The van der Waals surface area contributed by atoms with Gasteiger partial charge in [0.1, 0.15) is 5.75 Å². The number of likely N-dealkylation sites (tertiary alicyclic amines) is 1. The normalized spacial score (nSPS) is 19.0. The number of aromatic hydroxyl groups is 1. The molecule has 2 heterocycles. The lowest BCUT2D eigenvalue weighted by atomic mass is 10.2. The molecule has 3 rings (SSSR count). The van der Waals surface area contributed by atoms with Gasteiger partial charge in [0.25, 0.3) is 0 Å². The first-order valence-corrected chi connectivity index (χ1v) is 7.43. The Labute approximate surface area is 125 Å². The molecule has 21 heavy (non-hydrogen) atoms. The molecular weight excluding hydrogens is 262 g/mol. The molecule has 2 N–H and O–H groups in total. The van der Waals surface area contributed by atoms with E-state index in [1.165, 1.54) is 18.2 Å². The summed E-state index contributed by atoms with van der Waals surface area (Å²) in [6, 6.07) is 14.7. The lowest BCUT2D eigenvalue weighted by Gasteiger charge is -2.16. The summed E-state index contributed by atoms with van der Waals surface area (Å²) in [5.41, 5.74) is 2.34. The van der Waals surface area contributed by atoms with Gasteiger partial charge in [0.05, 0.1) is 11.9 Å². The molecule has 1 aliphatic heterocycles. The van der Waals surface area contributed by atoms with Gasteiger partial charge in [-0.15, -0.1) is 0 Å². The SMILES string of the molecule is Oc1ccc(CNC2CCN(Cc3ccccc3)C2)nc1. The summed E-state index contributed by atoms with van der Waals surface area (Å²) >= 11 is 0. The minimum absolute atomic E-state index is 0.216. The Balaban J connectivity index is 1.45. The van der Waals surface area contributed by atoms with Crippen molar-refractivity contribution in [2.75, 3.05) is 13.1 Å². The molecule has 0 bridgehead atoms. The first-order valence-electron chi connectivity index (χ1n) is 7.43. The zero-order valence-corrected chi connectivity index (χ0v) is 12.1. The van der Waals surface area contributed by atoms with Gasteiger partial charge in [0, 0.05) is 32.2 Å². The number of hydrogen-bond acceptors (Lipinski definition) is 4. The minimum Gasteiger partial charge on any atom is -0.506 e. The van der Waals surface area contributed by atoms with E-state index < -0.39 is 0 Å². The van der Waals surface area contributed by atoms with Crippen molar-refractivity contribution in [3.05, 3.63) is 59.9 Å². The maximum atomic E-state index is 9.22. The molecule has 0 spiro atoms. The number of benzene rings is 1. The number of nitrogens with zero attached hydrogens (tertiary/aromatic N) is 2. The zero-order chi connectivity index (χ0) is 14.5. The van der Waals surface area contributed by atoms with Crippen molar-refractivity contribution >= 4 is 0 Å². The minimum atomic E-state index is 0.216. The molecule has 1 unspecified atom stereocenters. The first-order chi connectivity index (χ1) is 10.3. The fraction of sp³-hybridized carbons (Fsp3) is 0.353. The Morgan fingerprint density at radius 2 is 2.05 bits per heavy atom. The molecular formula is C17H21N3O. The van der Waals surface area contributed by atoms with Crippen molar-refractivity contribution in [1.29, 1.82) is 0 Å². The highest BCUT2D eigenvalue weighted by molar-refractivity contribution is 5.18. The summed E-state index contributed by atoms with van der Waals surface area (Å²) < 4.78 is 0. The van der Waals surface area contributed by atoms with E-state index in [1.807, 2.05) is 6.07 Å². The number of hydrogen-bond donors (Lipinski definition) is 2. The molecule has 1 aromatic carbocycles. The van der Waals surface area contributed by atoms with Crippen LogP contribution in [0.25, 0.3) is 0 Å². The van der Waals surface area contributed by atoms with Crippen molar-refractivity contribution in [2.24, 2.45) is 0 Å². The number of pyridine rings is 1. The zero-order valence-electron chi connectivity index (χ0n) is 12.1. The highest BCUT2D eigenvalue weighted by Gasteiger charge is 2.21. The van der Waals surface area contributed by atoms with Crippen molar-refractivity contribution in [3.63, 3.8) is 0 Å². The molecule has 0 amide bonds. The predicted molar refractivity (Wildman–Crippen MR) is 82.9 cm³/mol. The molecule has 2 aromatic rings. The molecule has 1 aliphatic rings. The number of aromatic nitrogens is 1. The lowest BCUT2D eigenvalue weighted by Crippen LogP contribution is -2.32. The lowest BCUT2D eigenvalue weighted by molar-refractivity contribution is 0.319. The Morgan fingerprint density at radius 3 is 2.81 bits per heavy atom. The van der Waals surface area contributed by atoms with E-state index in [1.54, 1.807) is 6.07 Å². The smallest absolute Gasteiger partial charge is 0.133 e. The second-order valence-electron chi connectivity index (χ2n) is 5.59.